The molecular formula is C18H28ClN3O2. The lowest BCUT2D eigenvalue weighted by atomic mass is 10.1. The molecule has 2 N–H and O–H groups in total. The van der Waals surface area contributed by atoms with Gasteiger partial charge in [-0.1, -0.05) is 30.3 Å². The Morgan fingerprint density at radius 3 is 2.67 bits per heavy atom. The molecule has 134 valence electrons. The van der Waals surface area contributed by atoms with Crippen LogP contribution in [0.1, 0.15) is 31.2 Å². The Morgan fingerprint density at radius 2 is 1.96 bits per heavy atom. The SMILES string of the molecule is CNCCCC(=O)NC1CCN(C(=O)CCc2ccccc2)C1.Cl. The molecule has 6 heteroatoms. The lowest BCUT2D eigenvalue weighted by Gasteiger charge is -2.17. The zero-order chi connectivity index (χ0) is 16.5. The molecule has 1 saturated heterocycles. The Labute approximate surface area is 150 Å². The Bertz CT molecular complexity index is 510. The average Bonchev–Trinajstić information content (AvgIpc) is 3.02. The number of halogens is 1. The molecule has 1 atom stereocenters. The van der Waals surface area contributed by atoms with E-state index in [9.17, 15) is 9.59 Å². The first kappa shape index (κ1) is 20.5. The lowest BCUT2D eigenvalue weighted by Crippen LogP contribution is -2.38. The number of carbonyl (C=O) groups is 2. The zero-order valence-corrected chi connectivity index (χ0v) is 15.1. The van der Waals surface area contributed by atoms with Crippen molar-refractivity contribution >= 4 is 24.2 Å². The van der Waals surface area contributed by atoms with Crippen LogP contribution in [0.4, 0.5) is 0 Å². The number of amides is 2. The van der Waals surface area contributed by atoms with Gasteiger partial charge in [0, 0.05) is 32.0 Å². The lowest BCUT2D eigenvalue weighted by molar-refractivity contribution is -0.130. The first-order valence-corrected chi connectivity index (χ1v) is 8.44. The van der Waals surface area contributed by atoms with Crippen LogP contribution in [-0.2, 0) is 16.0 Å². The van der Waals surface area contributed by atoms with Gasteiger partial charge in [-0.05, 0) is 38.4 Å². The number of nitrogens with one attached hydrogen (secondary N) is 2. The highest BCUT2D eigenvalue weighted by Crippen LogP contribution is 2.12. The highest BCUT2D eigenvalue weighted by atomic mass is 35.5. The maximum atomic E-state index is 12.3. The van der Waals surface area contributed by atoms with E-state index in [-0.39, 0.29) is 30.3 Å². The molecule has 1 aliphatic heterocycles. The summed E-state index contributed by atoms with van der Waals surface area (Å²) >= 11 is 0. The van der Waals surface area contributed by atoms with Crippen molar-refractivity contribution in [2.24, 2.45) is 0 Å². The van der Waals surface area contributed by atoms with E-state index in [4.69, 9.17) is 0 Å². The largest absolute Gasteiger partial charge is 0.352 e. The summed E-state index contributed by atoms with van der Waals surface area (Å²) in [6, 6.07) is 10.2. The van der Waals surface area contributed by atoms with Crippen LogP contribution >= 0.6 is 12.4 Å². The van der Waals surface area contributed by atoms with Crippen LogP contribution in [0.2, 0.25) is 0 Å². The number of benzene rings is 1. The fourth-order valence-electron chi connectivity index (χ4n) is 2.88. The third-order valence-corrected chi connectivity index (χ3v) is 4.21. The van der Waals surface area contributed by atoms with Crippen LogP contribution in [-0.4, -0.2) is 49.4 Å². The number of rotatable bonds is 8. The zero-order valence-electron chi connectivity index (χ0n) is 14.3. The maximum absolute atomic E-state index is 12.3. The molecule has 0 spiro atoms. The van der Waals surface area contributed by atoms with E-state index in [1.165, 1.54) is 5.56 Å². The van der Waals surface area contributed by atoms with Crippen molar-refractivity contribution in [3.63, 3.8) is 0 Å². The molecular weight excluding hydrogens is 326 g/mol. The Hall–Kier alpha value is -1.59. The van der Waals surface area contributed by atoms with Gasteiger partial charge in [-0.2, -0.15) is 0 Å². The summed E-state index contributed by atoms with van der Waals surface area (Å²) < 4.78 is 0. The molecule has 2 rings (SSSR count). The summed E-state index contributed by atoms with van der Waals surface area (Å²) in [7, 11) is 1.88. The highest BCUT2D eigenvalue weighted by molar-refractivity contribution is 5.85. The van der Waals surface area contributed by atoms with Gasteiger partial charge in [-0.3, -0.25) is 9.59 Å². The minimum absolute atomic E-state index is 0. The van der Waals surface area contributed by atoms with Crippen LogP contribution < -0.4 is 10.6 Å². The first-order valence-electron chi connectivity index (χ1n) is 8.44. The van der Waals surface area contributed by atoms with Gasteiger partial charge in [-0.15, -0.1) is 12.4 Å². The Balaban J connectivity index is 0.00000288. The Kier molecular flexibility index (Phi) is 9.42. The second-order valence-corrected chi connectivity index (χ2v) is 6.09. The maximum Gasteiger partial charge on any atom is 0.222 e. The molecule has 1 unspecified atom stereocenters. The summed E-state index contributed by atoms with van der Waals surface area (Å²) in [6.45, 7) is 2.24. The van der Waals surface area contributed by atoms with Crippen molar-refractivity contribution in [3.05, 3.63) is 35.9 Å². The quantitative estimate of drug-likeness (QED) is 0.700. The van der Waals surface area contributed by atoms with E-state index in [2.05, 4.69) is 10.6 Å². The van der Waals surface area contributed by atoms with Crippen molar-refractivity contribution in [1.82, 2.24) is 15.5 Å². The summed E-state index contributed by atoms with van der Waals surface area (Å²) in [4.78, 5) is 26.0. The number of likely N-dealkylation sites (tertiary alicyclic amines) is 1. The predicted octanol–water partition coefficient (Wildman–Crippen LogP) is 1.76. The van der Waals surface area contributed by atoms with Crippen molar-refractivity contribution in [2.75, 3.05) is 26.7 Å². The van der Waals surface area contributed by atoms with Crippen molar-refractivity contribution < 1.29 is 9.59 Å². The van der Waals surface area contributed by atoms with E-state index in [1.807, 2.05) is 42.3 Å². The molecule has 1 aliphatic rings. The number of nitrogens with zero attached hydrogens (tertiary/aromatic N) is 1. The molecule has 2 amide bonds. The molecule has 24 heavy (non-hydrogen) atoms. The van der Waals surface area contributed by atoms with Gasteiger partial charge in [0.2, 0.25) is 11.8 Å². The normalized spacial score (nSPS) is 16.5. The highest BCUT2D eigenvalue weighted by Gasteiger charge is 2.26. The molecule has 1 heterocycles. The summed E-state index contributed by atoms with van der Waals surface area (Å²) in [5.41, 5.74) is 1.19. The van der Waals surface area contributed by atoms with Gasteiger partial charge in [0.1, 0.15) is 0 Å². The van der Waals surface area contributed by atoms with Gasteiger partial charge in [0.05, 0.1) is 0 Å². The topological polar surface area (TPSA) is 61.4 Å². The molecule has 0 aliphatic carbocycles. The van der Waals surface area contributed by atoms with E-state index < -0.39 is 0 Å². The van der Waals surface area contributed by atoms with Crippen LogP contribution in [0, 0.1) is 0 Å². The summed E-state index contributed by atoms with van der Waals surface area (Å²) in [5, 5.41) is 6.07. The van der Waals surface area contributed by atoms with Gasteiger partial charge in [0.25, 0.3) is 0 Å². The van der Waals surface area contributed by atoms with Crippen LogP contribution in [0.3, 0.4) is 0 Å². The molecule has 1 aromatic rings. The average molecular weight is 354 g/mol. The third kappa shape index (κ3) is 6.89. The molecule has 0 aromatic heterocycles. The van der Waals surface area contributed by atoms with Crippen molar-refractivity contribution in [2.45, 2.75) is 38.1 Å². The minimum atomic E-state index is 0. The van der Waals surface area contributed by atoms with Gasteiger partial charge in [-0.25, -0.2) is 0 Å². The summed E-state index contributed by atoms with van der Waals surface area (Å²) in [5.74, 6) is 0.268. The van der Waals surface area contributed by atoms with E-state index in [0.717, 1.165) is 32.4 Å². The van der Waals surface area contributed by atoms with E-state index in [0.29, 0.717) is 19.4 Å². The predicted molar refractivity (Wildman–Crippen MR) is 98.3 cm³/mol. The van der Waals surface area contributed by atoms with Crippen LogP contribution in [0.15, 0.2) is 30.3 Å². The summed E-state index contributed by atoms with van der Waals surface area (Å²) in [6.07, 6.45) is 3.55. The second-order valence-electron chi connectivity index (χ2n) is 6.09. The smallest absolute Gasteiger partial charge is 0.222 e. The molecule has 1 aromatic carbocycles. The number of hydrogen-bond donors (Lipinski definition) is 2. The fourth-order valence-corrected chi connectivity index (χ4v) is 2.88. The van der Waals surface area contributed by atoms with Crippen LogP contribution in [0.5, 0.6) is 0 Å². The fraction of sp³-hybridized carbons (Fsp3) is 0.556. The number of aryl methyl sites for hydroxylation is 1. The number of hydrogen-bond acceptors (Lipinski definition) is 3. The van der Waals surface area contributed by atoms with E-state index in [1.54, 1.807) is 0 Å². The third-order valence-electron chi connectivity index (χ3n) is 4.21. The van der Waals surface area contributed by atoms with Gasteiger partial charge < -0.3 is 15.5 Å². The van der Waals surface area contributed by atoms with Crippen molar-refractivity contribution in [1.29, 1.82) is 0 Å². The molecule has 5 nitrogen and oxygen atoms in total. The molecule has 0 radical (unpaired) electrons. The molecule has 0 bridgehead atoms. The van der Waals surface area contributed by atoms with Gasteiger partial charge >= 0.3 is 0 Å². The standard InChI is InChI=1S/C18H27N3O2.ClH/c1-19-12-5-8-17(22)20-16-11-13-21(14-16)18(23)10-9-15-6-3-2-4-7-15;/h2-4,6-7,16,19H,5,8-14H2,1H3,(H,20,22);1H. The van der Waals surface area contributed by atoms with Crippen molar-refractivity contribution in [3.8, 4) is 0 Å². The minimum Gasteiger partial charge on any atom is -0.352 e. The van der Waals surface area contributed by atoms with Gasteiger partial charge in [0.15, 0.2) is 0 Å². The van der Waals surface area contributed by atoms with Crippen LogP contribution in [0.25, 0.3) is 0 Å². The molecule has 1 fully saturated rings. The second kappa shape index (κ2) is 11.0. The number of carbonyl (C=O) groups excluding carboxylic acids is 2. The molecule has 0 saturated carbocycles. The Morgan fingerprint density at radius 1 is 1.21 bits per heavy atom. The first-order chi connectivity index (χ1) is 11.2. The van der Waals surface area contributed by atoms with E-state index >= 15 is 0 Å². The monoisotopic (exact) mass is 353 g/mol.